The smallest absolute Gasteiger partial charge is 0.251 e. The molecular weight excluding hydrogens is 386 g/mol. The molecule has 29 heavy (non-hydrogen) atoms. The molecule has 1 amide bonds. The van der Waals surface area contributed by atoms with E-state index in [0.29, 0.717) is 30.3 Å². The number of amides is 1. The van der Waals surface area contributed by atoms with Crippen molar-refractivity contribution in [2.45, 2.75) is 63.8 Å². The van der Waals surface area contributed by atoms with Crippen LogP contribution >= 0.6 is 0 Å². The van der Waals surface area contributed by atoms with Gasteiger partial charge in [0.25, 0.3) is 5.91 Å². The molecule has 0 spiro atoms. The Kier molecular flexibility index (Phi) is 4.97. The summed E-state index contributed by atoms with van der Waals surface area (Å²) < 4.78 is 27.8. The van der Waals surface area contributed by atoms with E-state index in [0.717, 1.165) is 25.7 Å². The molecule has 2 bridgehead atoms. The first-order valence-corrected chi connectivity index (χ1v) is 12.2. The van der Waals surface area contributed by atoms with Crippen molar-refractivity contribution in [1.29, 1.82) is 0 Å². The normalized spacial score (nSPS) is 31.2. The Morgan fingerprint density at radius 1 is 1.17 bits per heavy atom. The van der Waals surface area contributed by atoms with Gasteiger partial charge in [0, 0.05) is 31.7 Å². The van der Waals surface area contributed by atoms with Crippen LogP contribution < -0.4 is 10.6 Å². The molecule has 1 aromatic carbocycles. The van der Waals surface area contributed by atoms with Gasteiger partial charge in [-0.25, -0.2) is 8.42 Å². The zero-order valence-corrected chi connectivity index (χ0v) is 18.7. The highest BCUT2D eigenvalue weighted by Crippen LogP contribution is 2.62. The Hall–Kier alpha value is -1.60. The molecule has 3 atom stereocenters. The first-order chi connectivity index (χ1) is 13.6. The number of benzene rings is 1. The Bertz CT molecular complexity index is 916. The summed E-state index contributed by atoms with van der Waals surface area (Å²) in [5, 5.41) is 6.24. The summed E-state index contributed by atoms with van der Waals surface area (Å²) in [5.41, 5.74) is 1.11. The molecule has 1 unspecified atom stereocenters. The summed E-state index contributed by atoms with van der Waals surface area (Å²) in [5.74, 6) is 0.452. The zero-order valence-electron chi connectivity index (χ0n) is 17.9. The van der Waals surface area contributed by atoms with Crippen molar-refractivity contribution in [3.05, 3.63) is 23.8 Å². The number of anilines is 1. The lowest BCUT2D eigenvalue weighted by Gasteiger charge is -2.43. The van der Waals surface area contributed by atoms with Gasteiger partial charge in [-0.05, 0) is 67.1 Å². The summed E-state index contributed by atoms with van der Waals surface area (Å²) >= 11 is 0. The van der Waals surface area contributed by atoms with Crippen LogP contribution in [0, 0.1) is 16.7 Å². The molecule has 1 heterocycles. The molecule has 1 aliphatic heterocycles. The number of sulfonamides is 1. The highest BCUT2D eigenvalue weighted by Gasteiger charge is 2.59. The number of hydrogen-bond donors (Lipinski definition) is 2. The Balaban J connectivity index is 1.63. The van der Waals surface area contributed by atoms with E-state index in [1.54, 1.807) is 19.2 Å². The Labute approximate surface area is 174 Å². The fourth-order valence-electron chi connectivity index (χ4n) is 6.03. The van der Waals surface area contributed by atoms with Gasteiger partial charge in [-0.15, -0.1) is 0 Å². The van der Waals surface area contributed by atoms with Crippen molar-refractivity contribution in [2.75, 3.05) is 25.5 Å². The van der Waals surface area contributed by atoms with Crippen molar-refractivity contribution in [2.24, 2.45) is 16.7 Å². The lowest BCUT2D eigenvalue weighted by atomic mass is 9.68. The molecule has 0 aromatic heterocycles. The highest BCUT2D eigenvalue weighted by molar-refractivity contribution is 7.89. The maximum absolute atomic E-state index is 13.2. The maximum Gasteiger partial charge on any atom is 0.251 e. The van der Waals surface area contributed by atoms with Crippen molar-refractivity contribution in [1.82, 2.24) is 9.62 Å². The lowest BCUT2D eigenvalue weighted by Crippen LogP contribution is -2.52. The van der Waals surface area contributed by atoms with Crippen LogP contribution in [0.2, 0.25) is 0 Å². The van der Waals surface area contributed by atoms with E-state index in [4.69, 9.17) is 0 Å². The van der Waals surface area contributed by atoms with Crippen molar-refractivity contribution in [3.8, 4) is 0 Å². The molecule has 2 N–H and O–H groups in total. The molecule has 3 fully saturated rings. The minimum atomic E-state index is -3.62. The van der Waals surface area contributed by atoms with Crippen molar-refractivity contribution in [3.63, 3.8) is 0 Å². The standard InChI is InChI=1S/C22H33N3O3S/c1-21(2)16-9-10-22(3,14-16)20(21)24-19(26)15-7-8-17(23-4)18(13-15)29(27,28)25-11-5-6-12-25/h7-8,13,16,20,23H,5-6,9-12,14H2,1-4H3,(H,24,26)/t16-,20?,22+/m1/s1. The first-order valence-electron chi connectivity index (χ1n) is 10.7. The van der Waals surface area contributed by atoms with Gasteiger partial charge in [-0.1, -0.05) is 20.8 Å². The molecule has 160 valence electrons. The van der Waals surface area contributed by atoms with Gasteiger partial charge in [-0.3, -0.25) is 4.79 Å². The van der Waals surface area contributed by atoms with Crippen LogP contribution in [0.3, 0.4) is 0 Å². The van der Waals surface area contributed by atoms with Crippen LogP contribution in [0.1, 0.15) is 63.2 Å². The van der Waals surface area contributed by atoms with Gasteiger partial charge < -0.3 is 10.6 Å². The minimum Gasteiger partial charge on any atom is -0.387 e. The fraction of sp³-hybridized carbons (Fsp3) is 0.682. The van der Waals surface area contributed by atoms with Crippen LogP contribution in [0.4, 0.5) is 5.69 Å². The van der Waals surface area contributed by atoms with Gasteiger partial charge in [0.15, 0.2) is 0 Å². The molecule has 3 aliphatic rings. The van der Waals surface area contributed by atoms with Crippen LogP contribution in [-0.4, -0.2) is 44.8 Å². The number of carbonyl (C=O) groups excluding carboxylic acids is 1. The van der Waals surface area contributed by atoms with Gasteiger partial charge >= 0.3 is 0 Å². The van der Waals surface area contributed by atoms with E-state index in [2.05, 4.69) is 31.4 Å². The average Bonchev–Trinajstić information content (AvgIpc) is 3.39. The Morgan fingerprint density at radius 3 is 2.45 bits per heavy atom. The molecular formula is C22H33N3O3S. The summed E-state index contributed by atoms with van der Waals surface area (Å²) in [4.78, 5) is 13.4. The quantitative estimate of drug-likeness (QED) is 0.766. The lowest BCUT2D eigenvalue weighted by molar-refractivity contribution is 0.0737. The molecule has 4 rings (SSSR count). The molecule has 6 nitrogen and oxygen atoms in total. The monoisotopic (exact) mass is 419 g/mol. The first kappa shape index (κ1) is 20.7. The molecule has 2 saturated carbocycles. The second-order valence-electron chi connectivity index (χ2n) is 9.89. The summed E-state index contributed by atoms with van der Waals surface area (Å²) in [6.07, 6.45) is 5.28. The third kappa shape index (κ3) is 3.26. The van der Waals surface area contributed by atoms with Crippen LogP contribution in [0.25, 0.3) is 0 Å². The van der Waals surface area contributed by atoms with E-state index < -0.39 is 10.0 Å². The van der Waals surface area contributed by atoms with E-state index >= 15 is 0 Å². The second kappa shape index (κ2) is 6.98. The average molecular weight is 420 g/mol. The second-order valence-corrected chi connectivity index (χ2v) is 11.8. The Morgan fingerprint density at radius 2 is 1.86 bits per heavy atom. The molecule has 0 radical (unpaired) electrons. The third-order valence-electron chi connectivity index (χ3n) is 7.74. The fourth-order valence-corrected chi connectivity index (χ4v) is 7.77. The topological polar surface area (TPSA) is 78.5 Å². The number of carbonyl (C=O) groups is 1. The number of hydrogen-bond acceptors (Lipinski definition) is 4. The van der Waals surface area contributed by atoms with Crippen molar-refractivity contribution >= 4 is 21.6 Å². The van der Waals surface area contributed by atoms with Crippen LogP contribution in [-0.2, 0) is 10.0 Å². The molecule has 2 aliphatic carbocycles. The van der Waals surface area contributed by atoms with Gasteiger partial charge in [0.1, 0.15) is 4.90 Å². The number of nitrogens with zero attached hydrogens (tertiary/aromatic N) is 1. The number of nitrogens with one attached hydrogen (secondary N) is 2. The molecule has 1 saturated heterocycles. The van der Waals surface area contributed by atoms with E-state index in [-0.39, 0.29) is 27.7 Å². The third-order valence-corrected chi connectivity index (χ3v) is 9.68. The van der Waals surface area contributed by atoms with E-state index in [1.165, 1.54) is 16.8 Å². The maximum atomic E-state index is 13.2. The zero-order chi connectivity index (χ0) is 21.0. The number of fused-ring (bicyclic) bond motifs is 2. The van der Waals surface area contributed by atoms with Crippen molar-refractivity contribution < 1.29 is 13.2 Å². The molecule has 7 heteroatoms. The van der Waals surface area contributed by atoms with E-state index in [1.807, 2.05) is 0 Å². The molecule has 1 aromatic rings. The number of rotatable bonds is 5. The van der Waals surface area contributed by atoms with Crippen LogP contribution in [0.15, 0.2) is 23.1 Å². The summed E-state index contributed by atoms with van der Waals surface area (Å²) in [6, 6.07) is 5.05. The predicted octanol–water partition coefficient (Wildman–Crippen LogP) is 3.46. The highest BCUT2D eigenvalue weighted by atomic mass is 32.2. The van der Waals surface area contributed by atoms with Gasteiger partial charge in [0.2, 0.25) is 10.0 Å². The minimum absolute atomic E-state index is 0.0536. The van der Waals surface area contributed by atoms with E-state index in [9.17, 15) is 13.2 Å². The van der Waals surface area contributed by atoms with Gasteiger partial charge in [0.05, 0.1) is 5.69 Å². The van der Waals surface area contributed by atoms with Gasteiger partial charge in [-0.2, -0.15) is 4.31 Å². The SMILES string of the molecule is CNc1ccc(C(=O)NC2C(C)(C)[C@@H]3CC[C@@]2(C)C3)cc1S(=O)(=O)N1CCCC1. The predicted molar refractivity (Wildman–Crippen MR) is 114 cm³/mol. The summed E-state index contributed by atoms with van der Waals surface area (Å²) in [6.45, 7) is 7.86. The van der Waals surface area contributed by atoms with Crippen LogP contribution in [0.5, 0.6) is 0 Å². The largest absolute Gasteiger partial charge is 0.387 e. The summed E-state index contributed by atoms with van der Waals surface area (Å²) in [7, 11) is -1.91.